The number of pyridine rings is 1. The van der Waals surface area contributed by atoms with Gasteiger partial charge in [-0.25, -0.2) is 0 Å². The van der Waals surface area contributed by atoms with Crippen molar-refractivity contribution in [3.63, 3.8) is 0 Å². The minimum atomic E-state index is -0.158. The number of carbonyl (C=O) groups excluding carboxylic acids is 1. The fraction of sp³-hybridized carbons (Fsp3) is 0.263. The molecule has 4 rings (SSSR count). The van der Waals surface area contributed by atoms with Crippen molar-refractivity contribution in [1.29, 1.82) is 0 Å². The smallest absolute Gasteiger partial charge is 0.277 e. The fourth-order valence-corrected chi connectivity index (χ4v) is 3.92. The Labute approximate surface area is 171 Å². The number of amides is 1. The van der Waals surface area contributed by atoms with Crippen molar-refractivity contribution in [1.82, 2.24) is 15.2 Å². The predicted molar refractivity (Wildman–Crippen MR) is 110 cm³/mol. The maximum Gasteiger partial charge on any atom is 0.277 e. The summed E-state index contributed by atoms with van der Waals surface area (Å²) < 4.78 is 5.59. The molecule has 7 nitrogen and oxygen atoms in total. The molecular weight excluding hydrogens is 398 g/mol. The summed E-state index contributed by atoms with van der Waals surface area (Å²) in [7, 11) is 0. The second-order valence-corrected chi connectivity index (χ2v) is 7.62. The standard InChI is InChI=1S/C19H18ClN5O2S/c20-14-6-3-7-15(17(14)25-9-1-2-10-25)22-16(26)12-28-19-24-23-18(27-19)13-5-4-8-21-11-13/h3-8,11H,1-2,9-10,12H2,(H,22,26). The zero-order valence-corrected chi connectivity index (χ0v) is 16.5. The molecule has 1 aromatic carbocycles. The number of anilines is 2. The molecule has 1 N–H and O–H groups in total. The third-order valence-electron chi connectivity index (χ3n) is 4.32. The van der Waals surface area contributed by atoms with Crippen molar-refractivity contribution in [2.75, 3.05) is 29.1 Å². The van der Waals surface area contributed by atoms with Gasteiger partial charge in [-0.2, -0.15) is 0 Å². The summed E-state index contributed by atoms with van der Waals surface area (Å²) in [5.74, 6) is 0.372. The van der Waals surface area contributed by atoms with E-state index < -0.39 is 0 Å². The Hall–Kier alpha value is -2.58. The molecule has 0 saturated carbocycles. The highest BCUT2D eigenvalue weighted by molar-refractivity contribution is 7.99. The molecule has 3 heterocycles. The van der Waals surface area contributed by atoms with Gasteiger partial charge < -0.3 is 14.6 Å². The zero-order chi connectivity index (χ0) is 19.3. The molecule has 28 heavy (non-hydrogen) atoms. The van der Waals surface area contributed by atoms with Crippen molar-refractivity contribution in [3.05, 3.63) is 47.7 Å². The molecular formula is C19H18ClN5O2S. The SMILES string of the molecule is O=C(CSc1nnc(-c2cccnc2)o1)Nc1cccc(Cl)c1N1CCCC1. The summed E-state index contributed by atoms with van der Waals surface area (Å²) in [6.45, 7) is 1.89. The van der Waals surface area contributed by atoms with Gasteiger partial charge in [-0.3, -0.25) is 9.78 Å². The van der Waals surface area contributed by atoms with Crippen LogP contribution in [0, 0.1) is 0 Å². The summed E-state index contributed by atoms with van der Waals surface area (Å²) in [5.41, 5.74) is 2.35. The Kier molecular flexibility index (Phi) is 5.78. The van der Waals surface area contributed by atoms with Crippen molar-refractivity contribution in [2.45, 2.75) is 18.1 Å². The van der Waals surface area contributed by atoms with Crippen molar-refractivity contribution in [2.24, 2.45) is 0 Å². The van der Waals surface area contributed by atoms with Gasteiger partial charge in [0.2, 0.25) is 11.8 Å². The van der Waals surface area contributed by atoms with E-state index in [1.807, 2.05) is 24.3 Å². The second-order valence-electron chi connectivity index (χ2n) is 6.28. The molecule has 144 valence electrons. The zero-order valence-electron chi connectivity index (χ0n) is 15.0. The lowest BCUT2D eigenvalue weighted by atomic mass is 10.2. The van der Waals surface area contributed by atoms with Gasteiger partial charge in [0.05, 0.1) is 27.7 Å². The maximum absolute atomic E-state index is 12.4. The van der Waals surface area contributed by atoms with E-state index in [0.29, 0.717) is 16.1 Å². The van der Waals surface area contributed by atoms with Gasteiger partial charge in [0.15, 0.2) is 0 Å². The van der Waals surface area contributed by atoms with Crippen LogP contribution in [-0.2, 0) is 4.79 Å². The molecule has 0 atom stereocenters. The second kappa shape index (κ2) is 8.62. The number of nitrogens with one attached hydrogen (secondary N) is 1. The summed E-state index contributed by atoms with van der Waals surface area (Å²) in [6, 6.07) is 9.18. The minimum Gasteiger partial charge on any atom is -0.411 e. The summed E-state index contributed by atoms with van der Waals surface area (Å²) in [4.78, 5) is 18.7. The van der Waals surface area contributed by atoms with Gasteiger partial charge in [-0.05, 0) is 37.1 Å². The molecule has 3 aromatic rings. The van der Waals surface area contributed by atoms with E-state index in [9.17, 15) is 4.79 Å². The summed E-state index contributed by atoms with van der Waals surface area (Å²) in [6.07, 6.45) is 5.58. The van der Waals surface area contributed by atoms with E-state index in [4.69, 9.17) is 16.0 Å². The lowest BCUT2D eigenvalue weighted by Gasteiger charge is -2.22. The van der Waals surface area contributed by atoms with E-state index in [1.54, 1.807) is 18.5 Å². The molecule has 1 aliphatic rings. The van der Waals surface area contributed by atoms with Crippen molar-refractivity contribution >= 4 is 40.6 Å². The first-order valence-electron chi connectivity index (χ1n) is 8.91. The molecule has 0 spiro atoms. The van der Waals surface area contributed by atoms with Crippen LogP contribution < -0.4 is 10.2 Å². The number of halogens is 1. The minimum absolute atomic E-state index is 0.153. The van der Waals surface area contributed by atoms with Gasteiger partial charge in [-0.1, -0.05) is 29.4 Å². The van der Waals surface area contributed by atoms with E-state index in [2.05, 4.69) is 25.4 Å². The normalized spacial score (nSPS) is 13.7. The van der Waals surface area contributed by atoms with Crippen LogP contribution in [-0.4, -0.2) is 39.9 Å². The first-order valence-corrected chi connectivity index (χ1v) is 10.3. The van der Waals surface area contributed by atoms with Crippen LogP contribution in [0.25, 0.3) is 11.5 Å². The summed E-state index contributed by atoms with van der Waals surface area (Å²) in [5, 5.41) is 11.9. The number of benzene rings is 1. The third-order valence-corrected chi connectivity index (χ3v) is 5.45. The van der Waals surface area contributed by atoms with Crippen LogP contribution in [0.1, 0.15) is 12.8 Å². The molecule has 1 amide bonds. The number of rotatable bonds is 6. The number of aromatic nitrogens is 3. The first kappa shape index (κ1) is 18.8. The van der Waals surface area contributed by atoms with Gasteiger partial charge >= 0.3 is 0 Å². The lowest BCUT2D eigenvalue weighted by Crippen LogP contribution is -2.22. The Bertz CT molecular complexity index is 960. The van der Waals surface area contributed by atoms with E-state index in [0.717, 1.165) is 42.9 Å². The number of nitrogens with zero attached hydrogens (tertiary/aromatic N) is 4. The van der Waals surface area contributed by atoms with E-state index in [-0.39, 0.29) is 11.7 Å². The number of carbonyl (C=O) groups is 1. The Morgan fingerprint density at radius 1 is 1.21 bits per heavy atom. The van der Waals surface area contributed by atoms with Gasteiger partial charge in [0.1, 0.15) is 0 Å². The average Bonchev–Trinajstić information content (AvgIpc) is 3.39. The Morgan fingerprint density at radius 3 is 2.86 bits per heavy atom. The molecule has 9 heteroatoms. The molecule has 0 radical (unpaired) electrons. The first-order chi connectivity index (χ1) is 13.7. The number of thioether (sulfide) groups is 1. The van der Waals surface area contributed by atoms with Crippen LogP contribution >= 0.6 is 23.4 Å². The van der Waals surface area contributed by atoms with Gasteiger partial charge in [0.25, 0.3) is 5.22 Å². The van der Waals surface area contributed by atoms with Crippen LogP contribution in [0.2, 0.25) is 5.02 Å². The van der Waals surface area contributed by atoms with Crippen LogP contribution in [0.15, 0.2) is 52.4 Å². The molecule has 1 aliphatic heterocycles. The predicted octanol–water partition coefficient (Wildman–Crippen LogP) is 4.12. The monoisotopic (exact) mass is 415 g/mol. The number of hydrogen-bond donors (Lipinski definition) is 1. The number of hydrogen-bond acceptors (Lipinski definition) is 7. The highest BCUT2D eigenvalue weighted by Crippen LogP contribution is 2.36. The highest BCUT2D eigenvalue weighted by atomic mass is 35.5. The molecule has 1 fully saturated rings. The molecule has 2 aromatic heterocycles. The van der Waals surface area contributed by atoms with E-state index in [1.165, 1.54) is 11.8 Å². The van der Waals surface area contributed by atoms with Crippen LogP contribution in [0.4, 0.5) is 11.4 Å². The topological polar surface area (TPSA) is 84.1 Å². The Morgan fingerprint density at radius 2 is 2.07 bits per heavy atom. The maximum atomic E-state index is 12.4. The summed E-state index contributed by atoms with van der Waals surface area (Å²) >= 11 is 7.58. The molecule has 0 bridgehead atoms. The fourth-order valence-electron chi connectivity index (χ4n) is 3.07. The number of para-hydroxylation sites is 1. The molecule has 0 unspecified atom stereocenters. The van der Waals surface area contributed by atoms with Crippen molar-refractivity contribution < 1.29 is 9.21 Å². The van der Waals surface area contributed by atoms with Crippen molar-refractivity contribution in [3.8, 4) is 11.5 Å². The lowest BCUT2D eigenvalue weighted by molar-refractivity contribution is -0.113. The van der Waals surface area contributed by atoms with Gasteiger partial charge in [-0.15, -0.1) is 10.2 Å². The van der Waals surface area contributed by atoms with Crippen LogP contribution in [0.3, 0.4) is 0 Å². The average molecular weight is 416 g/mol. The third kappa shape index (κ3) is 4.28. The highest BCUT2D eigenvalue weighted by Gasteiger charge is 2.20. The Balaban J connectivity index is 1.39. The van der Waals surface area contributed by atoms with Crippen LogP contribution in [0.5, 0.6) is 0 Å². The van der Waals surface area contributed by atoms with E-state index >= 15 is 0 Å². The largest absolute Gasteiger partial charge is 0.411 e. The van der Waals surface area contributed by atoms with Gasteiger partial charge in [0, 0.05) is 25.5 Å². The molecule has 1 saturated heterocycles. The molecule has 0 aliphatic carbocycles. The quantitative estimate of drug-likeness (QED) is 0.606.